The zero-order chi connectivity index (χ0) is 17.4. The van der Waals surface area contributed by atoms with Gasteiger partial charge in [0.05, 0.1) is 23.5 Å². The monoisotopic (exact) mass is 337 g/mol. The smallest absolute Gasteiger partial charge is 0.157 e. The third kappa shape index (κ3) is 2.97. The van der Waals surface area contributed by atoms with Gasteiger partial charge in [0.1, 0.15) is 18.3 Å². The summed E-state index contributed by atoms with van der Waals surface area (Å²) in [7, 11) is 1.82. The fourth-order valence-corrected chi connectivity index (χ4v) is 3.38. The van der Waals surface area contributed by atoms with Crippen LogP contribution in [0, 0.1) is 11.3 Å². The number of likely N-dealkylation sites (tertiary alicyclic amines) is 1. The lowest BCUT2D eigenvalue weighted by Gasteiger charge is -2.15. The number of aromatic nitrogens is 3. The van der Waals surface area contributed by atoms with E-state index in [-0.39, 0.29) is 6.10 Å². The summed E-state index contributed by atoms with van der Waals surface area (Å²) in [6.45, 7) is 1.73. The molecule has 0 bridgehead atoms. The number of hydrogen-bond donors (Lipinski definition) is 1. The van der Waals surface area contributed by atoms with E-state index in [2.05, 4.69) is 16.1 Å². The average Bonchev–Trinajstić information content (AvgIpc) is 3.25. The minimum atomic E-state index is -0.567. The maximum atomic E-state index is 10.3. The van der Waals surface area contributed by atoms with Crippen LogP contribution in [-0.2, 0) is 13.6 Å². The Labute approximate surface area is 145 Å². The Bertz CT molecular complexity index is 938. The molecule has 7 nitrogen and oxygen atoms in total. The van der Waals surface area contributed by atoms with Crippen LogP contribution in [0.4, 0.5) is 0 Å². The summed E-state index contributed by atoms with van der Waals surface area (Å²) in [5.74, 6) is 0.653. The van der Waals surface area contributed by atoms with Crippen molar-refractivity contribution in [3.8, 4) is 11.8 Å². The molecule has 0 aromatic carbocycles. The summed E-state index contributed by atoms with van der Waals surface area (Å²) >= 11 is 0. The lowest BCUT2D eigenvalue weighted by molar-refractivity contribution is 0.0736. The van der Waals surface area contributed by atoms with Gasteiger partial charge in [0.2, 0.25) is 0 Å². The molecule has 0 spiro atoms. The molecule has 0 aliphatic carbocycles. The second-order valence-electron chi connectivity index (χ2n) is 6.40. The van der Waals surface area contributed by atoms with Gasteiger partial charge in [-0.2, -0.15) is 10.4 Å². The number of hydrogen-bond acceptors (Lipinski definition) is 5. The molecule has 128 valence electrons. The normalized spacial score (nSPS) is 20.8. The van der Waals surface area contributed by atoms with Crippen LogP contribution in [0.5, 0.6) is 5.75 Å². The molecule has 3 aromatic heterocycles. The summed E-state index contributed by atoms with van der Waals surface area (Å²) in [5, 5.41) is 23.9. The zero-order valence-corrected chi connectivity index (χ0v) is 13.9. The van der Waals surface area contributed by atoms with Gasteiger partial charge >= 0.3 is 0 Å². The molecule has 0 amide bonds. The minimum absolute atomic E-state index is 0.299. The number of β-amino-alcohol motifs (C(OH)–C–C–N with tert-alkyl or cyclic N) is 1. The van der Waals surface area contributed by atoms with Crippen molar-refractivity contribution < 1.29 is 9.84 Å². The van der Waals surface area contributed by atoms with Crippen molar-refractivity contribution in [3.05, 3.63) is 54.1 Å². The van der Waals surface area contributed by atoms with Crippen LogP contribution in [0.25, 0.3) is 5.52 Å². The van der Waals surface area contributed by atoms with Gasteiger partial charge in [0, 0.05) is 44.6 Å². The van der Waals surface area contributed by atoms with E-state index in [1.807, 2.05) is 42.0 Å². The fraction of sp³-hybridized carbons (Fsp3) is 0.333. The van der Waals surface area contributed by atoms with E-state index in [4.69, 9.17) is 4.74 Å². The van der Waals surface area contributed by atoms with Gasteiger partial charge in [-0.1, -0.05) is 6.07 Å². The van der Waals surface area contributed by atoms with E-state index < -0.39 is 6.10 Å². The molecule has 1 N–H and O–H groups in total. The van der Waals surface area contributed by atoms with Crippen LogP contribution in [0.15, 0.2) is 43.0 Å². The largest absolute Gasteiger partial charge is 0.483 e. The van der Waals surface area contributed by atoms with Gasteiger partial charge in [0.15, 0.2) is 5.75 Å². The molecule has 1 aliphatic heterocycles. The number of rotatable bonds is 4. The number of aryl methyl sites for hydroxylation is 1. The Morgan fingerprint density at radius 1 is 1.36 bits per heavy atom. The predicted octanol–water partition coefficient (Wildman–Crippen LogP) is 1.17. The standard InChI is InChI=1S/C18H19N5O2/c1-21-10-14(7-20-21)25-18-12-22(11-17(18)24)8-13-9-23-5-3-2-4-16(23)15(13)6-19/h2-5,7,9-10,17-18,24H,8,11-12H2,1H3/t17-,18-/m1/s1. The van der Waals surface area contributed by atoms with Crippen LogP contribution in [0.2, 0.25) is 0 Å². The second-order valence-corrected chi connectivity index (χ2v) is 6.40. The number of aliphatic hydroxyl groups is 1. The van der Waals surface area contributed by atoms with Crippen LogP contribution in [0.1, 0.15) is 11.1 Å². The van der Waals surface area contributed by atoms with Gasteiger partial charge in [-0.3, -0.25) is 9.58 Å². The molecule has 3 aromatic rings. The molecular weight excluding hydrogens is 318 g/mol. The lowest BCUT2D eigenvalue weighted by atomic mass is 10.1. The van der Waals surface area contributed by atoms with Gasteiger partial charge in [-0.25, -0.2) is 0 Å². The van der Waals surface area contributed by atoms with Gasteiger partial charge in [-0.15, -0.1) is 0 Å². The van der Waals surface area contributed by atoms with Crippen LogP contribution >= 0.6 is 0 Å². The van der Waals surface area contributed by atoms with E-state index in [1.54, 1.807) is 17.1 Å². The van der Waals surface area contributed by atoms with Crippen molar-refractivity contribution in [1.29, 1.82) is 5.26 Å². The van der Waals surface area contributed by atoms with Crippen molar-refractivity contribution in [1.82, 2.24) is 19.1 Å². The molecule has 0 radical (unpaired) electrons. The molecule has 1 aliphatic rings. The van der Waals surface area contributed by atoms with Crippen LogP contribution in [-0.4, -0.2) is 49.5 Å². The SMILES string of the molecule is Cn1cc(O[C@@H]2CN(Cc3cn4ccccc4c3C#N)C[C@H]2O)cn1. The first-order valence-electron chi connectivity index (χ1n) is 8.18. The van der Waals surface area contributed by atoms with Gasteiger partial charge in [-0.05, 0) is 12.1 Å². The Morgan fingerprint density at radius 2 is 2.24 bits per heavy atom. The predicted molar refractivity (Wildman–Crippen MR) is 91.0 cm³/mol. The number of nitrogens with zero attached hydrogens (tertiary/aromatic N) is 5. The summed E-state index contributed by atoms with van der Waals surface area (Å²) in [4.78, 5) is 2.11. The number of pyridine rings is 1. The molecule has 2 atom stereocenters. The van der Waals surface area contributed by atoms with E-state index >= 15 is 0 Å². The first kappa shape index (κ1) is 15.7. The summed E-state index contributed by atoms with van der Waals surface area (Å²) in [5.41, 5.74) is 2.55. The van der Waals surface area contributed by atoms with Crippen LogP contribution < -0.4 is 4.74 Å². The van der Waals surface area contributed by atoms with Gasteiger partial charge in [0.25, 0.3) is 0 Å². The van der Waals surface area contributed by atoms with E-state index in [1.165, 1.54) is 0 Å². The third-order valence-electron chi connectivity index (χ3n) is 4.55. The topological polar surface area (TPSA) is 78.7 Å². The highest BCUT2D eigenvalue weighted by Gasteiger charge is 2.33. The Hall–Kier alpha value is -2.82. The van der Waals surface area contributed by atoms with E-state index in [9.17, 15) is 10.4 Å². The molecular formula is C18H19N5O2. The summed E-state index contributed by atoms with van der Waals surface area (Å²) < 4.78 is 9.48. The fourth-order valence-electron chi connectivity index (χ4n) is 3.38. The lowest BCUT2D eigenvalue weighted by Crippen LogP contribution is -2.29. The zero-order valence-electron chi connectivity index (χ0n) is 13.9. The van der Waals surface area contributed by atoms with Crippen molar-refractivity contribution >= 4 is 5.52 Å². The first-order chi connectivity index (χ1) is 12.1. The van der Waals surface area contributed by atoms with Crippen molar-refractivity contribution in [2.45, 2.75) is 18.8 Å². The van der Waals surface area contributed by atoms with E-state index in [0.29, 0.717) is 30.9 Å². The average molecular weight is 337 g/mol. The highest BCUT2D eigenvalue weighted by atomic mass is 16.5. The number of nitriles is 1. The summed E-state index contributed by atoms with van der Waals surface area (Å²) in [6, 6.07) is 8.11. The Balaban J connectivity index is 1.50. The van der Waals surface area contributed by atoms with Gasteiger partial charge < -0.3 is 14.2 Å². The number of ether oxygens (including phenoxy) is 1. The molecule has 1 fully saturated rings. The highest BCUT2D eigenvalue weighted by Crippen LogP contribution is 2.23. The van der Waals surface area contributed by atoms with Crippen molar-refractivity contribution in [2.75, 3.05) is 13.1 Å². The minimum Gasteiger partial charge on any atom is -0.483 e. The third-order valence-corrected chi connectivity index (χ3v) is 4.55. The maximum absolute atomic E-state index is 10.3. The molecule has 25 heavy (non-hydrogen) atoms. The molecule has 0 unspecified atom stereocenters. The number of fused-ring (bicyclic) bond motifs is 1. The molecule has 0 saturated carbocycles. The first-order valence-corrected chi connectivity index (χ1v) is 8.18. The highest BCUT2D eigenvalue weighted by molar-refractivity contribution is 5.65. The van der Waals surface area contributed by atoms with Crippen molar-refractivity contribution in [3.63, 3.8) is 0 Å². The Kier molecular flexibility index (Phi) is 3.92. The van der Waals surface area contributed by atoms with E-state index in [0.717, 1.165) is 11.1 Å². The second kappa shape index (κ2) is 6.24. The Morgan fingerprint density at radius 3 is 3.00 bits per heavy atom. The molecule has 7 heteroatoms. The molecule has 4 rings (SSSR count). The summed E-state index contributed by atoms with van der Waals surface area (Å²) in [6.07, 6.45) is 6.48. The molecule has 4 heterocycles. The number of aliphatic hydroxyl groups excluding tert-OH is 1. The van der Waals surface area contributed by atoms with Crippen molar-refractivity contribution in [2.24, 2.45) is 7.05 Å². The molecule has 1 saturated heterocycles. The van der Waals surface area contributed by atoms with Crippen LogP contribution in [0.3, 0.4) is 0 Å². The quantitative estimate of drug-likeness (QED) is 0.773. The maximum Gasteiger partial charge on any atom is 0.157 e.